The maximum absolute atomic E-state index is 3.22. The van der Waals surface area contributed by atoms with E-state index in [4.69, 9.17) is 0 Å². The third-order valence-electron chi connectivity index (χ3n) is 3.21. The van der Waals surface area contributed by atoms with Gasteiger partial charge in [-0.25, -0.2) is 0 Å². The maximum Gasteiger partial charge on any atom is 0.0236 e. The zero-order valence-corrected chi connectivity index (χ0v) is 9.71. The first-order valence-corrected chi connectivity index (χ1v) is 5.74. The van der Waals surface area contributed by atoms with Crippen LogP contribution in [0.3, 0.4) is 0 Å². The third kappa shape index (κ3) is 2.39. The molecule has 0 aromatic heterocycles. The van der Waals surface area contributed by atoms with Crippen molar-refractivity contribution in [1.82, 2.24) is 10.2 Å². The highest BCUT2D eigenvalue weighted by molar-refractivity contribution is 5.37. The van der Waals surface area contributed by atoms with Crippen LogP contribution >= 0.6 is 0 Å². The van der Waals surface area contributed by atoms with Gasteiger partial charge in [0.1, 0.15) is 0 Å². The number of nitrogens with zero attached hydrogens (tertiary/aromatic N) is 1. The van der Waals surface area contributed by atoms with E-state index >= 15 is 0 Å². The standard InChI is InChI=1S/C13H20N2/c1-14-8-6-11-4-3-5-12-7-9-15(2)10-13(11)12/h3-5,14H,6-10H2,1-2H3. The van der Waals surface area contributed by atoms with Crippen molar-refractivity contribution in [2.75, 3.05) is 27.2 Å². The summed E-state index contributed by atoms with van der Waals surface area (Å²) >= 11 is 0. The second kappa shape index (κ2) is 4.77. The van der Waals surface area contributed by atoms with Gasteiger partial charge >= 0.3 is 0 Å². The van der Waals surface area contributed by atoms with Gasteiger partial charge < -0.3 is 10.2 Å². The zero-order chi connectivity index (χ0) is 10.7. The Hall–Kier alpha value is -0.860. The molecule has 1 N–H and O–H groups in total. The number of benzene rings is 1. The van der Waals surface area contributed by atoms with Crippen molar-refractivity contribution < 1.29 is 0 Å². The first-order chi connectivity index (χ1) is 7.31. The van der Waals surface area contributed by atoms with E-state index in [2.05, 4.69) is 35.5 Å². The molecular weight excluding hydrogens is 184 g/mol. The highest BCUT2D eigenvalue weighted by Gasteiger charge is 2.15. The summed E-state index contributed by atoms with van der Waals surface area (Å²) in [4.78, 5) is 2.41. The van der Waals surface area contributed by atoms with E-state index in [9.17, 15) is 0 Å². The topological polar surface area (TPSA) is 15.3 Å². The molecule has 2 nitrogen and oxygen atoms in total. The van der Waals surface area contributed by atoms with Gasteiger partial charge in [-0.2, -0.15) is 0 Å². The fraction of sp³-hybridized carbons (Fsp3) is 0.538. The van der Waals surface area contributed by atoms with E-state index in [1.165, 1.54) is 18.5 Å². The molecule has 1 aliphatic rings. The maximum atomic E-state index is 3.22. The minimum absolute atomic E-state index is 1.07. The van der Waals surface area contributed by atoms with E-state index in [1.807, 2.05) is 7.05 Å². The molecule has 1 aromatic carbocycles. The third-order valence-corrected chi connectivity index (χ3v) is 3.21. The van der Waals surface area contributed by atoms with Gasteiger partial charge in [0, 0.05) is 13.1 Å². The lowest BCUT2D eigenvalue weighted by atomic mass is 9.93. The smallest absolute Gasteiger partial charge is 0.0236 e. The average molecular weight is 204 g/mol. The van der Waals surface area contributed by atoms with Crippen molar-refractivity contribution in [3.05, 3.63) is 34.9 Å². The Morgan fingerprint density at radius 2 is 2.27 bits per heavy atom. The first kappa shape index (κ1) is 10.7. The van der Waals surface area contributed by atoms with Crippen LogP contribution < -0.4 is 5.32 Å². The van der Waals surface area contributed by atoms with E-state index in [1.54, 1.807) is 11.1 Å². The first-order valence-electron chi connectivity index (χ1n) is 5.74. The van der Waals surface area contributed by atoms with Gasteiger partial charge in [-0.3, -0.25) is 0 Å². The molecule has 1 heterocycles. The second-order valence-electron chi connectivity index (χ2n) is 4.40. The molecule has 82 valence electrons. The Bertz CT molecular complexity index is 333. The summed E-state index contributed by atoms with van der Waals surface area (Å²) < 4.78 is 0. The van der Waals surface area contributed by atoms with Gasteiger partial charge in [0.2, 0.25) is 0 Å². The van der Waals surface area contributed by atoms with Gasteiger partial charge in [0.05, 0.1) is 0 Å². The molecule has 0 aliphatic carbocycles. The molecule has 0 saturated heterocycles. The number of hydrogen-bond acceptors (Lipinski definition) is 2. The van der Waals surface area contributed by atoms with Crippen LogP contribution in [-0.2, 0) is 19.4 Å². The molecule has 0 fully saturated rings. The van der Waals surface area contributed by atoms with E-state index < -0.39 is 0 Å². The van der Waals surface area contributed by atoms with Gasteiger partial charge in [0.15, 0.2) is 0 Å². The lowest BCUT2D eigenvalue weighted by Crippen LogP contribution is -2.28. The summed E-state index contributed by atoms with van der Waals surface area (Å²) in [6.07, 6.45) is 2.35. The van der Waals surface area contributed by atoms with Gasteiger partial charge in [-0.1, -0.05) is 18.2 Å². The molecule has 1 aliphatic heterocycles. The quantitative estimate of drug-likeness (QED) is 0.801. The van der Waals surface area contributed by atoms with Gasteiger partial charge in [0.25, 0.3) is 0 Å². The van der Waals surface area contributed by atoms with Gasteiger partial charge in [-0.05, 0) is 50.2 Å². The van der Waals surface area contributed by atoms with Crippen LogP contribution in [0.2, 0.25) is 0 Å². The number of hydrogen-bond donors (Lipinski definition) is 1. The zero-order valence-electron chi connectivity index (χ0n) is 9.71. The Morgan fingerprint density at radius 3 is 3.07 bits per heavy atom. The summed E-state index contributed by atoms with van der Waals surface area (Å²) in [5.74, 6) is 0. The second-order valence-corrected chi connectivity index (χ2v) is 4.40. The van der Waals surface area contributed by atoms with Crippen LogP contribution in [0.15, 0.2) is 18.2 Å². The summed E-state index contributed by atoms with van der Waals surface area (Å²) in [6, 6.07) is 6.76. The van der Waals surface area contributed by atoms with Crippen molar-refractivity contribution in [3.8, 4) is 0 Å². The molecule has 0 unspecified atom stereocenters. The van der Waals surface area contributed by atoms with Crippen molar-refractivity contribution in [2.24, 2.45) is 0 Å². The normalized spacial score (nSPS) is 16.4. The molecule has 0 spiro atoms. The van der Waals surface area contributed by atoms with Crippen LogP contribution in [0.1, 0.15) is 16.7 Å². The predicted molar refractivity (Wildman–Crippen MR) is 64.1 cm³/mol. The highest BCUT2D eigenvalue weighted by atomic mass is 15.1. The van der Waals surface area contributed by atoms with E-state index in [0.29, 0.717) is 0 Å². The monoisotopic (exact) mass is 204 g/mol. The largest absolute Gasteiger partial charge is 0.319 e. The van der Waals surface area contributed by atoms with Crippen LogP contribution in [0.4, 0.5) is 0 Å². The Labute approximate surface area is 92.3 Å². The molecule has 0 bridgehead atoms. The number of likely N-dealkylation sites (N-methyl/N-ethyl adjacent to an activating group) is 2. The van der Waals surface area contributed by atoms with Crippen LogP contribution in [0.5, 0.6) is 0 Å². The number of rotatable bonds is 3. The van der Waals surface area contributed by atoms with Crippen molar-refractivity contribution in [2.45, 2.75) is 19.4 Å². The SMILES string of the molecule is CNCCc1cccc2c1CN(C)CC2. The van der Waals surface area contributed by atoms with E-state index in [-0.39, 0.29) is 0 Å². The van der Waals surface area contributed by atoms with Crippen LogP contribution in [-0.4, -0.2) is 32.1 Å². The minimum Gasteiger partial charge on any atom is -0.319 e. The molecule has 0 saturated carbocycles. The molecule has 15 heavy (non-hydrogen) atoms. The minimum atomic E-state index is 1.07. The number of fused-ring (bicyclic) bond motifs is 1. The van der Waals surface area contributed by atoms with Crippen molar-refractivity contribution in [1.29, 1.82) is 0 Å². The van der Waals surface area contributed by atoms with Gasteiger partial charge in [-0.15, -0.1) is 0 Å². The molecule has 1 aromatic rings. The van der Waals surface area contributed by atoms with E-state index in [0.717, 1.165) is 19.5 Å². The number of nitrogens with one attached hydrogen (secondary N) is 1. The summed E-state index contributed by atoms with van der Waals surface area (Å²) in [7, 11) is 4.22. The summed E-state index contributed by atoms with van der Waals surface area (Å²) in [5.41, 5.74) is 4.65. The van der Waals surface area contributed by atoms with Crippen LogP contribution in [0, 0.1) is 0 Å². The fourth-order valence-corrected chi connectivity index (χ4v) is 2.28. The van der Waals surface area contributed by atoms with Crippen molar-refractivity contribution in [3.63, 3.8) is 0 Å². The molecule has 2 heteroatoms. The lowest BCUT2D eigenvalue weighted by Gasteiger charge is -2.27. The summed E-state index contributed by atoms with van der Waals surface area (Å²) in [5, 5.41) is 3.22. The predicted octanol–water partition coefficient (Wildman–Crippen LogP) is 1.44. The molecule has 2 rings (SSSR count). The molecule has 0 radical (unpaired) electrons. The summed E-state index contributed by atoms with van der Waals surface area (Å²) in [6.45, 7) is 3.39. The Kier molecular flexibility index (Phi) is 3.39. The fourth-order valence-electron chi connectivity index (χ4n) is 2.28. The average Bonchev–Trinajstić information content (AvgIpc) is 2.26. The molecule has 0 amide bonds. The Balaban J connectivity index is 2.23. The lowest BCUT2D eigenvalue weighted by molar-refractivity contribution is 0.311. The highest BCUT2D eigenvalue weighted by Crippen LogP contribution is 2.21. The molecule has 0 atom stereocenters. The molecular formula is C13H20N2. The van der Waals surface area contributed by atoms with Crippen LogP contribution in [0.25, 0.3) is 0 Å². The Morgan fingerprint density at radius 1 is 1.40 bits per heavy atom. The van der Waals surface area contributed by atoms with Crippen molar-refractivity contribution >= 4 is 0 Å².